The van der Waals surface area contributed by atoms with Crippen molar-refractivity contribution in [2.24, 2.45) is 0 Å². The fourth-order valence-corrected chi connectivity index (χ4v) is 3.48. The highest BCUT2D eigenvalue weighted by atomic mass is 79.9. The Morgan fingerprint density at radius 3 is 2.68 bits per heavy atom. The minimum Gasteiger partial charge on any atom is -0.496 e. The predicted molar refractivity (Wildman–Crippen MR) is 107 cm³/mol. The van der Waals surface area contributed by atoms with Crippen molar-refractivity contribution in [3.05, 3.63) is 64.1 Å². The number of hydrogen-bond acceptors (Lipinski definition) is 4. The molecule has 1 saturated heterocycles. The second-order valence-electron chi connectivity index (χ2n) is 6.55. The Labute approximate surface area is 171 Å². The molecule has 1 aliphatic heterocycles. The van der Waals surface area contributed by atoms with Crippen molar-refractivity contribution in [1.82, 2.24) is 15.5 Å². The van der Waals surface area contributed by atoms with E-state index in [9.17, 15) is 14.4 Å². The van der Waals surface area contributed by atoms with Crippen LogP contribution in [0.5, 0.6) is 5.75 Å². The fraction of sp³-hybridized carbons (Fsp3) is 0.250. The van der Waals surface area contributed by atoms with Crippen LogP contribution in [0.2, 0.25) is 0 Å². The summed E-state index contributed by atoms with van der Waals surface area (Å²) in [6, 6.07) is 13.8. The number of hydrogen-bond donors (Lipinski definition) is 2. The van der Waals surface area contributed by atoms with E-state index in [1.54, 1.807) is 38.3 Å². The monoisotopic (exact) mass is 445 g/mol. The normalized spacial score (nSPS) is 18.8. The Bertz CT molecular complexity index is 933. The quantitative estimate of drug-likeness (QED) is 0.668. The van der Waals surface area contributed by atoms with Crippen molar-refractivity contribution >= 4 is 33.8 Å². The molecule has 1 unspecified atom stereocenters. The smallest absolute Gasteiger partial charge is 0.325 e. The molecule has 0 aromatic heterocycles. The summed E-state index contributed by atoms with van der Waals surface area (Å²) in [7, 11) is 1.55. The van der Waals surface area contributed by atoms with E-state index in [0.29, 0.717) is 11.3 Å². The number of amides is 4. The van der Waals surface area contributed by atoms with Crippen LogP contribution in [0.3, 0.4) is 0 Å². The van der Waals surface area contributed by atoms with Gasteiger partial charge in [0, 0.05) is 16.6 Å². The van der Waals surface area contributed by atoms with Gasteiger partial charge >= 0.3 is 6.03 Å². The Morgan fingerprint density at radius 2 is 1.96 bits per heavy atom. The number of ether oxygens (including phenoxy) is 1. The summed E-state index contributed by atoms with van der Waals surface area (Å²) < 4.78 is 6.04. The molecule has 0 bridgehead atoms. The van der Waals surface area contributed by atoms with Crippen molar-refractivity contribution < 1.29 is 19.1 Å². The Morgan fingerprint density at radius 1 is 1.21 bits per heavy atom. The number of imide groups is 1. The summed E-state index contributed by atoms with van der Waals surface area (Å²) >= 11 is 3.37. The number of methoxy groups -OCH3 is 1. The van der Waals surface area contributed by atoms with E-state index >= 15 is 0 Å². The van der Waals surface area contributed by atoms with Crippen LogP contribution in [0.1, 0.15) is 18.1 Å². The molecule has 0 radical (unpaired) electrons. The molecule has 1 fully saturated rings. The summed E-state index contributed by atoms with van der Waals surface area (Å²) in [5, 5.41) is 5.41. The number of para-hydroxylation sites is 1. The van der Waals surface area contributed by atoms with Crippen LogP contribution in [0.25, 0.3) is 0 Å². The number of rotatable bonds is 6. The lowest BCUT2D eigenvalue weighted by atomic mass is 9.92. The molecule has 1 aliphatic rings. The molecule has 0 saturated carbocycles. The molecule has 28 heavy (non-hydrogen) atoms. The van der Waals surface area contributed by atoms with Gasteiger partial charge in [0.1, 0.15) is 17.8 Å². The van der Waals surface area contributed by atoms with E-state index < -0.39 is 23.4 Å². The standard InChI is InChI=1S/C20H20BrN3O4/c1-20(14-7-5-8-15(21)10-14)18(26)24(19(27)23-20)12-17(25)22-11-13-6-3-4-9-16(13)28-2/h3-10H,11-12H2,1-2H3,(H,22,25)(H,23,27). The number of nitrogens with one attached hydrogen (secondary N) is 2. The zero-order chi connectivity index (χ0) is 20.3. The Hall–Kier alpha value is -2.87. The molecule has 7 nitrogen and oxygen atoms in total. The molecular weight excluding hydrogens is 426 g/mol. The molecule has 1 heterocycles. The maximum Gasteiger partial charge on any atom is 0.325 e. The van der Waals surface area contributed by atoms with Crippen LogP contribution in [0.4, 0.5) is 4.79 Å². The Balaban J connectivity index is 1.68. The van der Waals surface area contributed by atoms with Gasteiger partial charge in [-0.15, -0.1) is 0 Å². The van der Waals surface area contributed by atoms with Crippen LogP contribution in [-0.4, -0.2) is 36.4 Å². The zero-order valence-electron chi connectivity index (χ0n) is 15.5. The van der Waals surface area contributed by atoms with Gasteiger partial charge in [-0.3, -0.25) is 14.5 Å². The van der Waals surface area contributed by atoms with Gasteiger partial charge in [0.15, 0.2) is 0 Å². The molecule has 2 N–H and O–H groups in total. The highest BCUT2D eigenvalue weighted by Gasteiger charge is 2.49. The maximum atomic E-state index is 12.9. The lowest BCUT2D eigenvalue weighted by Gasteiger charge is -2.22. The lowest BCUT2D eigenvalue weighted by molar-refractivity contribution is -0.134. The molecule has 8 heteroatoms. The number of carbonyl (C=O) groups is 3. The van der Waals surface area contributed by atoms with Gasteiger partial charge in [-0.25, -0.2) is 4.79 Å². The maximum absolute atomic E-state index is 12.9. The van der Waals surface area contributed by atoms with Crippen molar-refractivity contribution in [3.63, 3.8) is 0 Å². The summed E-state index contributed by atoms with van der Waals surface area (Å²) in [4.78, 5) is 38.5. The second kappa shape index (κ2) is 8.02. The zero-order valence-corrected chi connectivity index (χ0v) is 17.1. The molecule has 0 spiro atoms. The van der Waals surface area contributed by atoms with Crippen molar-refractivity contribution in [3.8, 4) is 5.75 Å². The summed E-state index contributed by atoms with van der Waals surface area (Å²) in [5.74, 6) is -0.254. The number of benzene rings is 2. The third kappa shape index (κ3) is 3.87. The van der Waals surface area contributed by atoms with E-state index in [1.165, 1.54) is 0 Å². The Kier molecular flexibility index (Phi) is 5.69. The molecule has 1 atom stereocenters. The van der Waals surface area contributed by atoms with Crippen LogP contribution in [-0.2, 0) is 21.7 Å². The van der Waals surface area contributed by atoms with E-state index in [0.717, 1.165) is 14.9 Å². The molecule has 3 rings (SSSR count). The molecule has 146 valence electrons. The number of halogens is 1. The van der Waals surface area contributed by atoms with Gasteiger partial charge in [0.2, 0.25) is 5.91 Å². The summed E-state index contributed by atoms with van der Waals surface area (Å²) in [5.41, 5.74) is 0.218. The fourth-order valence-electron chi connectivity index (χ4n) is 3.08. The van der Waals surface area contributed by atoms with Crippen LogP contribution < -0.4 is 15.4 Å². The van der Waals surface area contributed by atoms with Gasteiger partial charge < -0.3 is 15.4 Å². The molecule has 2 aromatic rings. The first-order valence-electron chi connectivity index (χ1n) is 8.64. The summed E-state index contributed by atoms with van der Waals surface area (Å²) in [6.45, 7) is 1.50. The molecule has 0 aliphatic carbocycles. The molecule has 4 amide bonds. The topological polar surface area (TPSA) is 87.7 Å². The van der Waals surface area contributed by atoms with E-state index in [4.69, 9.17) is 4.74 Å². The van der Waals surface area contributed by atoms with Gasteiger partial charge in [-0.2, -0.15) is 0 Å². The van der Waals surface area contributed by atoms with Crippen LogP contribution in [0, 0.1) is 0 Å². The van der Waals surface area contributed by atoms with Crippen LogP contribution >= 0.6 is 15.9 Å². The average molecular weight is 446 g/mol. The minimum absolute atomic E-state index is 0.232. The highest BCUT2D eigenvalue weighted by molar-refractivity contribution is 9.10. The van der Waals surface area contributed by atoms with Crippen molar-refractivity contribution in [1.29, 1.82) is 0 Å². The summed E-state index contributed by atoms with van der Waals surface area (Å²) in [6.07, 6.45) is 0. The number of nitrogens with zero attached hydrogens (tertiary/aromatic N) is 1. The van der Waals surface area contributed by atoms with E-state index in [-0.39, 0.29) is 13.1 Å². The minimum atomic E-state index is -1.22. The number of carbonyl (C=O) groups excluding carboxylic acids is 3. The third-order valence-electron chi connectivity index (χ3n) is 4.65. The predicted octanol–water partition coefficient (Wildman–Crippen LogP) is 2.54. The van der Waals surface area contributed by atoms with E-state index in [2.05, 4.69) is 26.6 Å². The first-order chi connectivity index (χ1) is 13.3. The van der Waals surface area contributed by atoms with Gasteiger partial charge in [-0.1, -0.05) is 46.3 Å². The molecular formula is C20H20BrN3O4. The largest absolute Gasteiger partial charge is 0.496 e. The highest BCUT2D eigenvalue weighted by Crippen LogP contribution is 2.30. The van der Waals surface area contributed by atoms with E-state index in [1.807, 2.05) is 24.3 Å². The second-order valence-corrected chi connectivity index (χ2v) is 7.46. The first-order valence-corrected chi connectivity index (χ1v) is 9.43. The first kappa shape index (κ1) is 19.9. The number of urea groups is 1. The SMILES string of the molecule is COc1ccccc1CNC(=O)CN1C(=O)NC(C)(c2cccc(Br)c2)C1=O. The molecule has 2 aromatic carbocycles. The van der Waals surface area contributed by atoms with Gasteiger partial charge in [0.25, 0.3) is 5.91 Å². The van der Waals surface area contributed by atoms with Crippen LogP contribution in [0.15, 0.2) is 53.0 Å². The van der Waals surface area contributed by atoms with Crippen molar-refractivity contribution in [2.75, 3.05) is 13.7 Å². The third-order valence-corrected chi connectivity index (χ3v) is 5.14. The average Bonchev–Trinajstić information content (AvgIpc) is 2.90. The van der Waals surface area contributed by atoms with Gasteiger partial charge in [-0.05, 0) is 30.7 Å². The van der Waals surface area contributed by atoms with Gasteiger partial charge in [0.05, 0.1) is 7.11 Å². The van der Waals surface area contributed by atoms with Crippen molar-refractivity contribution in [2.45, 2.75) is 19.0 Å². The lowest BCUT2D eigenvalue weighted by Crippen LogP contribution is -2.43.